The SMILES string of the molecule is CC(N)COC(=O)C(=O)OCC(C)N. The van der Waals surface area contributed by atoms with E-state index in [-0.39, 0.29) is 25.3 Å². The minimum absolute atomic E-state index is 0.00783. The highest BCUT2D eigenvalue weighted by Gasteiger charge is 2.17. The molecule has 0 heterocycles. The molecule has 4 N–H and O–H groups in total. The molecule has 0 aromatic rings. The van der Waals surface area contributed by atoms with Crippen LogP contribution in [0.5, 0.6) is 0 Å². The Morgan fingerprint density at radius 3 is 1.50 bits per heavy atom. The smallest absolute Gasteiger partial charge is 0.417 e. The summed E-state index contributed by atoms with van der Waals surface area (Å²) >= 11 is 0. The molecule has 6 nitrogen and oxygen atoms in total. The maximum Gasteiger partial charge on any atom is 0.417 e. The summed E-state index contributed by atoms with van der Waals surface area (Å²) in [5, 5.41) is 0. The van der Waals surface area contributed by atoms with Crippen LogP contribution in [0, 0.1) is 0 Å². The van der Waals surface area contributed by atoms with Crippen LogP contribution in [0.2, 0.25) is 0 Å². The van der Waals surface area contributed by atoms with Gasteiger partial charge < -0.3 is 20.9 Å². The predicted molar refractivity (Wildman–Crippen MR) is 49.2 cm³/mol. The highest BCUT2D eigenvalue weighted by atomic mass is 16.6. The molecule has 2 atom stereocenters. The van der Waals surface area contributed by atoms with Gasteiger partial charge in [0.15, 0.2) is 0 Å². The van der Waals surface area contributed by atoms with E-state index < -0.39 is 11.9 Å². The van der Waals surface area contributed by atoms with Gasteiger partial charge in [0.25, 0.3) is 0 Å². The summed E-state index contributed by atoms with van der Waals surface area (Å²) in [5.74, 6) is -2.08. The Labute approximate surface area is 82.5 Å². The van der Waals surface area contributed by atoms with E-state index in [1.807, 2.05) is 0 Å². The molecule has 6 heteroatoms. The van der Waals surface area contributed by atoms with Gasteiger partial charge in [-0.2, -0.15) is 0 Å². The van der Waals surface area contributed by atoms with Crippen LogP contribution in [0.3, 0.4) is 0 Å². The minimum Gasteiger partial charge on any atom is -0.456 e. The molecule has 0 rings (SSSR count). The fourth-order valence-electron chi connectivity index (χ4n) is 0.532. The van der Waals surface area contributed by atoms with E-state index in [9.17, 15) is 9.59 Å². The number of hydrogen-bond donors (Lipinski definition) is 2. The molecule has 2 unspecified atom stereocenters. The van der Waals surface area contributed by atoms with E-state index in [1.165, 1.54) is 0 Å². The lowest BCUT2D eigenvalue weighted by atomic mass is 10.4. The number of nitrogens with two attached hydrogens (primary N) is 2. The van der Waals surface area contributed by atoms with Crippen molar-refractivity contribution in [2.45, 2.75) is 25.9 Å². The van der Waals surface area contributed by atoms with E-state index in [2.05, 4.69) is 9.47 Å². The summed E-state index contributed by atoms with van der Waals surface area (Å²) in [6.45, 7) is 3.29. The van der Waals surface area contributed by atoms with Crippen molar-refractivity contribution in [2.75, 3.05) is 13.2 Å². The van der Waals surface area contributed by atoms with Gasteiger partial charge in [-0.15, -0.1) is 0 Å². The van der Waals surface area contributed by atoms with Gasteiger partial charge in [-0.25, -0.2) is 9.59 Å². The molecule has 0 aliphatic rings. The molecular formula is C8H16N2O4. The molecular weight excluding hydrogens is 188 g/mol. The van der Waals surface area contributed by atoms with E-state index in [1.54, 1.807) is 13.8 Å². The number of carbonyl (C=O) groups is 2. The largest absolute Gasteiger partial charge is 0.456 e. The van der Waals surface area contributed by atoms with E-state index in [0.717, 1.165) is 0 Å². The van der Waals surface area contributed by atoms with Crippen LogP contribution in [-0.4, -0.2) is 37.2 Å². The summed E-state index contributed by atoms with van der Waals surface area (Å²) in [6.07, 6.45) is 0. The van der Waals surface area contributed by atoms with E-state index in [0.29, 0.717) is 0 Å². The first-order valence-corrected chi connectivity index (χ1v) is 4.28. The van der Waals surface area contributed by atoms with Crippen molar-refractivity contribution >= 4 is 11.9 Å². The summed E-state index contributed by atoms with van der Waals surface area (Å²) in [6, 6.07) is -0.611. The third kappa shape index (κ3) is 6.38. The lowest BCUT2D eigenvalue weighted by molar-refractivity contribution is -0.168. The molecule has 0 amide bonds. The fraction of sp³-hybridized carbons (Fsp3) is 0.750. The van der Waals surface area contributed by atoms with Crippen molar-refractivity contribution in [2.24, 2.45) is 11.5 Å². The molecule has 14 heavy (non-hydrogen) atoms. The molecule has 0 radical (unpaired) electrons. The maximum atomic E-state index is 10.9. The predicted octanol–water partition coefficient (Wildman–Crippen LogP) is -1.23. The van der Waals surface area contributed by atoms with Crippen molar-refractivity contribution < 1.29 is 19.1 Å². The highest BCUT2D eigenvalue weighted by molar-refractivity contribution is 6.29. The van der Waals surface area contributed by atoms with Crippen LogP contribution >= 0.6 is 0 Å². The Morgan fingerprint density at radius 1 is 1.00 bits per heavy atom. The number of ether oxygens (including phenoxy) is 2. The molecule has 0 aromatic heterocycles. The zero-order valence-corrected chi connectivity index (χ0v) is 8.36. The van der Waals surface area contributed by atoms with Gasteiger partial charge in [0.1, 0.15) is 13.2 Å². The van der Waals surface area contributed by atoms with Crippen LogP contribution in [-0.2, 0) is 19.1 Å². The van der Waals surface area contributed by atoms with E-state index in [4.69, 9.17) is 11.5 Å². The molecule has 0 saturated carbocycles. The second-order valence-corrected chi connectivity index (χ2v) is 3.15. The van der Waals surface area contributed by atoms with Crippen molar-refractivity contribution in [3.63, 3.8) is 0 Å². The topological polar surface area (TPSA) is 105 Å². The van der Waals surface area contributed by atoms with Crippen molar-refractivity contribution in [1.29, 1.82) is 0 Å². The summed E-state index contributed by atoms with van der Waals surface area (Å²) in [7, 11) is 0. The average molecular weight is 204 g/mol. The highest BCUT2D eigenvalue weighted by Crippen LogP contribution is 1.88. The molecule has 0 fully saturated rings. The van der Waals surface area contributed by atoms with Gasteiger partial charge in [0.2, 0.25) is 0 Å². The van der Waals surface area contributed by atoms with Gasteiger partial charge in [-0.3, -0.25) is 0 Å². The van der Waals surface area contributed by atoms with Crippen LogP contribution in [0.25, 0.3) is 0 Å². The number of esters is 2. The number of carbonyl (C=O) groups excluding carboxylic acids is 2. The van der Waals surface area contributed by atoms with Gasteiger partial charge in [0, 0.05) is 12.1 Å². The maximum absolute atomic E-state index is 10.9. The van der Waals surface area contributed by atoms with Crippen LogP contribution in [0.1, 0.15) is 13.8 Å². The molecule has 0 saturated heterocycles. The quantitative estimate of drug-likeness (QED) is 0.438. The molecule has 0 aliphatic carbocycles. The zero-order chi connectivity index (χ0) is 11.1. The van der Waals surface area contributed by atoms with Crippen LogP contribution in [0.4, 0.5) is 0 Å². The Balaban J connectivity index is 3.71. The lowest BCUT2D eigenvalue weighted by Crippen LogP contribution is -2.31. The van der Waals surface area contributed by atoms with E-state index >= 15 is 0 Å². The van der Waals surface area contributed by atoms with Gasteiger partial charge in [-0.1, -0.05) is 0 Å². The zero-order valence-electron chi connectivity index (χ0n) is 8.36. The van der Waals surface area contributed by atoms with Crippen LogP contribution in [0.15, 0.2) is 0 Å². The Morgan fingerprint density at radius 2 is 1.29 bits per heavy atom. The van der Waals surface area contributed by atoms with Crippen molar-refractivity contribution in [3.05, 3.63) is 0 Å². The minimum atomic E-state index is -1.04. The van der Waals surface area contributed by atoms with Crippen molar-refractivity contribution in [1.82, 2.24) is 0 Å². The molecule has 82 valence electrons. The Hall–Kier alpha value is -1.14. The number of rotatable bonds is 4. The second kappa shape index (κ2) is 6.33. The second-order valence-electron chi connectivity index (χ2n) is 3.15. The van der Waals surface area contributed by atoms with Gasteiger partial charge >= 0.3 is 11.9 Å². The number of hydrogen-bond acceptors (Lipinski definition) is 6. The first-order valence-electron chi connectivity index (χ1n) is 4.28. The first kappa shape index (κ1) is 12.9. The molecule has 0 aliphatic heterocycles. The van der Waals surface area contributed by atoms with Crippen molar-refractivity contribution in [3.8, 4) is 0 Å². The Kier molecular flexibility index (Phi) is 5.82. The standard InChI is InChI=1S/C8H16N2O4/c1-5(9)3-13-7(11)8(12)14-4-6(2)10/h5-6H,3-4,9-10H2,1-2H3. The molecule has 0 aromatic carbocycles. The first-order chi connectivity index (χ1) is 6.43. The fourth-order valence-corrected chi connectivity index (χ4v) is 0.532. The van der Waals surface area contributed by atoms with Gasteiger partial charge in [0.05, 0.1) is 0 Å². The summed E-state index contributed by atoms with van der Waals surface area (Å²) in [4.78, 5) is 21.7. The normalized spacial score (nSPS) is 14.3. The third-order valence-electron chi connectivity index (χ3n) is 1.12. The monoisotopic (exact) mass is 204 g/mol. The molecule has 0 spiro atoms. The van der Waals surface area contributed by atoms with Crippen LogP contribution < -0.4 is 11.5 Å². The Bertz CT molecular complexity index is 182. The van der Waals surface area contributed by atoms with Gasteiger partial charge in [-0.05, 0) is 13.8 Å². The average Bonchev–Trinajstić information content (AvgIpc) is 2.09. The molecule has 0 bridgehead atoms. The third-order valence-corrected chi connectivity index (χ3v) is 1.12. The summed E-state index contributed by atoms with van der Waals surface area (Å²) in [5.41, 5.74) is 10.6. The summed E-state index contributed by atoms with van der Waals surface area (Å²) < 4.78 is 9.04. The lowest BCUT2D eigenvalue weighted by Gasteiger charge is -2.08.